The molecule has 1 heterocycles. The van der Waals surface area contributed by atoms with E-state index in [9.17, 15) is 4.39 Å². The zero-order chi connectivity index (χ0) is 17.4. The number of hydrogen-bond donors (Lipinski definition) is 1. The highest BCUT2D eigenvalue weighted by Crippen LogP contribution is 2.15. The van der Waals surface area contributed by atoms with Crippen LogP contribution in [-0.2, 0) is 11.3 Å². The van der Waals surface area contributed by atoms with E-state index in [0.29, 0.717) is 13.2 Å². The Balaban J connectivity index is 1.83. The zero-order valence-corrected chi connectivity index (χ0v) is 14.4. The monoisotopic (exact) mass is 348 g/mol. The van der Waals surface area contributed by atoms with Gasteiger partial charge in [-0.3, -0.25) is 4.90 Å². The minimum absolute atomic E-state index is 0.00637. The van der Waals surface area contributed by atoms with Gasteiger partial charge < -0.3 is 10.1 Å². The molecule has 24 heavy (non-hydrogen) atoms. The normalized spacial score (nSPS) is 19.6. The molecule has 2 atom stereocenters. The molecule has 128 valence electrons. The molecule has 0 bridgehead atoms. The average Bonchev–Trinajstić information content (AvgIpc) is 2.61. The van der Waals surface area contributed by atoms with Crippen molar-refractivity contribution in [2.24, 2.45) is 5.92 Å². The van der Waals surface area contributed by atoms with Gasteiger partial charge in [0.15, 0.2) is 5.92 Å². The Morgan fingerprint density at radius 2 is 2.08 bits per heavy atom. The van der Waals surface area contributed by atoms with Crippen molar-refractivity contribution in [2.45, 2.75) is 18.0 Å². The molecule has 1 aliphatic rings. The number of benzene rings is 1. The summed E-state index contributed by atoms with van der Waals surface area (Å²) >= 11 is 1.46. The van der Waals surface area contributed by atoms with Crippen molar-refractivity contribution in [3.05, 3.63) is 35.6 Å². The summed E-state index contributed by atoms with van der Waals surface area (Å²) in [5.74, 6) is -0.908. The fourth-order valence-corrected chi connectivity index (χ4v) is 3.30. The summed E-state index contributed by atoms with van der Waals surface area (Å²) in [7, 11) is 0. The topological polar surface area (TPSA) is 72.1 Å². The van der Waals surface area contributed by atoms with Gasteiger partial charge in [-0.25, -0.2) is 4.39 Å². The first-order chi connectivity index (χ1) is 11.7. The molecular formula is C17H21FN4OS. The van der Waals surface area contributed by atoms with E-state index in [2.05, 4.69) is 10.2 Å². The van der Waals surface area contributed by atoms with Gasteiger partial charge in [0.05, 0.1) is 30.2 Å². The molecule has 0 amide bonds. The molecule has 0 radical (unpaired) electrons. The molecule has 0 saturated carbocycles. The first-order valence-corrected chi connectivity index (χ1v) is 9.09. The van der Waals surface area contributed by atoms with Gasteiger partial charge >= 0.3 is 0 Å². The lowest BCUT2D eigenvalue weighted by Crippen LogP contribution is -2.48. The predicted octanol–water partition coefficient (Wildman–Crippen LogP) is 1.97. The molecule has 7 heteroatoms. The summed E-state index contributed by atoms with van der Waals surface area (Å²) in [5.41, 5.74) is 1.07. The van der Waals surface area contributed by atoms with Crippen LogP contribution in [0.25, 0.3) is 0 Å². The number of halogens is 1. The van der Waals surface area contributed by atoms with Crippen LogP contribution >= 0.6 is 11.8 Å². The SMILES string of the molecule is CSC(NCC1CN(Cc2ccc(F)cc2)CCO1)C(C#N)C#N. The Morgan fingerprint density at radius 1 is 1.38 bits per heavy atom. The number of ether oxygens (including phenoxy) is 1. The maximum atomic E-state index is 13.0. The molecule has 0 spiro atoms. The lowest BCUT2D eigenvalue weighted by atomic mass is 10.1. The van der Waals surface area contributed by atoms with Crippen molar-refractivity contribution in [1.29, 1.82) is 10.5 Å². The maximum Gasteiger partial charge on any atom is 0.157 e. The van der Waals surface area contributed by atoms with E-state index < -0.39 is 5.92 Å². The summed E-state index contributed by atoms with van der Waals surface area (Å²) in [4.78, 5) is 2.27. The van der Waals surface area contributed by atoms with Gasteiger partial charge in [0.1, 0.15) is 5.82 Å². The van der Waals surface area contributed by atoms with E-state index >= 15 is 0 Å². The second-order valence-electron chi connectivity index (χ2n) is 5.65. The molecule has 1 N–H and O–H groups in total. The number of nitrogens with one attached hydrogen (secondary N) is 1. The van der Waals surface area contributed by atoms with Gasteiger partial charge in [0.25, 0.3) is 0 Å². The minimum atomic E-state index is -0.682. The molecule has 2 rings (SSSR count). The Morgan fingerprint density at radius 3 is 2.71 bits per heavy atom. The first kappa shape index (κ1) is 18.7. The molecule has 1 aromatic rings. The summed E-state index contributed by atoms with van der Waals surface area (Å²) in [6.45, 7) is 3.57. The fourth-order valence-electron chi connectivity index (χ4n) is 2.64. The summed E-state index contributed by atoms with van der Waals surface area (Å²) < 4.78 is 18.7. The van der Waals surface area contributed by atoms with Crippen LogP contribution in [0.5, 0.6) is 0 Å². The van der Waals surface area contributed by atoms with Crippen molar-refractivity contribution in [3.63, 3.8) is 0 Å². The standard InChI is InChI=1S/C17H21FN4OS/c1-24-17(14(8-19)9-20)21-10-16-12-22(6-7-23-16)11-13-2-4-15(18)5-3-13/h2-5,14,16-17,21H,6-7,10-12H2,1H3. The van der Waals surface area contributed by atoms with Gasteiger partial charge in [-0.2, -0.15) is 10.5 Å². The van der Waals surface area contributed by atoms with Crippen LogP contribution in [0.2, 0.25) is 0 Å². The van der Waals surface area contributed by atoms with Crippen molar-refractivity contribution in [2.75, 3.05) is 32.5 Å². The van der Waals surface area contributed by atoms with Crippen molar-refractivity contribution in [1.82, 2.24) is 10.2 Å². The Bertz CT molecular complexity index is 584. The lowest BCUT2D eigenvalue weighted by Gasteiger charge is -2.33. The van der Waals surface area contributed by atoms with Gasteiger partial charge in [-0.1, -0.05) is 12.1 Å². The third-order valence-electron chi connectivity index (χ3n) is 3.92. The molecule has 2 unspecified atom stereocenters. The highest BCUT2D eigenvalue weighted by molar-refractivity contribution is 7.99. The molecule has 1 saturated heterocycles. The number of morpholine rings is 1. The summed E-state index contributed by atoms with van der Waals surface area (Å²) in [6, 6.07) is 10.6. The van der Waals surface area contributed by atoms with E-state index in [1.54, 1.807) is 12.1 Å². The third kappa shape index (κ3) is 5.47. The van der Waals surface area contributed by atoms with E-state index in [1.807, 2.05) is 18.4 Å². The van der Waals surface area contributed by atoms with E-state index in [1.165, 1.54) is 23.9 Å². The van der Waals surface area contributed by atoms with Gasteiger partial charge in [-0.05, 0) is 24.0 Å². The highest BCUT2D eigenvalue weighted by atomic mass is 32.2. The van der Waals surface area contributed by atoms with E-state index in [-0.39, 0.29) is 17.3 Å². The second kappa shape index (κ2) is 9.61. The zero-order valence-electron chi connectivity index (χ0n) is 13.6. The Hall–Kier alpha value is -1.64. The maximum absolute atomic E-state index is 13.0. The number of rotatable bonds is 7. The largest absolute Gasteiger partial charge is 0.374 e. The highest BCUT2D eigenvalue weighted by Gasteiger charge is 2.24. The van der Waals surface area contributed by atoms with Crippen molar-refractivity contribution in [3.8, 4) is 12.1 Å². The van der Waals surface area contributed by atoms with Crippen molar-refractivity contribution < 1.29 is 9.13 Å². The number of nitrogens with zero attached hydrogens (tertiary/aromatic N) is 3. The van der Waals surface area contributed by atoms with Crippen LogP contribution in [0.15, 0.2) is 24.3 Å². The van der Waals surface area contributed by atoms with Crippen LogP contribution in [-0.4, -0.2) is 48.9 Å². The van der Waals surface area contributed by atoms with Crippen LogP contribution in [0.1, 0.15) is 5.56 Å². The number of thioether (sulfide) groups is 1. The Labute approximate surface area is 146 Å². The quantitative estimate of drug-likeness (QED) is 0.760. The molecule has 1 aliphatic heterocycles. The van der Waals surface area contributed by atoms with Gasteiger partial charge in [0, 0.05) is 26.2 Å². The van der Waals surface area contributed by atoms with Gasteiger partial charge in [0.2, 0.25) is 0 Å². The van der Waals surface area contributed by atoms with Crippen molar-refractivity contribution >= 4 is 11.8 Å². The average molecular weight is 348 g/mol. The Kier molecular flexibility index (Phi) is 7.48. The summed E-state index contributed by atoms with van der Waals surface area (Å²) in [5, 5.41) is 21.0. The smallest absolute Gasteiger partial charge is 0.157 e. The molecule has 0 aromatic heterocycles. The number of nitriles is 2. The molecular weight excluding hydrogens is 327 g/mol. The van der Waals surface area contributed by atoms with E-state index in [0.717, 1.165) is 25.2 Å². The molecule has 1 fully saturated rings. The van der Waals surface area contributed by atoms with Gasteiger partial charge in [-0.15, -0.1) is 11.8 Å². The van der Waals surface area contributed by atoms with Crippen LogP contribution in [0.3, 0.4) is 0 Å². The molecule has 1 aromatic carbocycles. The lowest BCUT2D eigenvalue weighted by molar-refractivity contribution is -0.0302. The fraction of sp³-hybridized carbons (Fsp3) is 0.529. The minimum Gasteiger partial charge on any atom is -0.374 e. The third-order valence-corrected chi connectivity index (χ3v) is 4.87. The van der Waals surface area contributed by atoms with E-state index in [4.69, 9.17) is 15.3 Å². The van der Waals surface area contributed by atoms with Crippen LogP contribution in [0, 0.1) is 34.4 Å². The first-order valence-electron chi connectivity index (χ1n) is 7.80. The predicted molar refractivity (Wildman–Crippen MR) is 91.4 cm³/mol. The molecule has 0 aliphatic carbocycles. The second-order valence-corrected chi connectivity index (χ2v) is 6.63. The number of hydrogen-bond acceptors (Lipinski definition) is 6. The van der Waals surface area contributed by atoms with Crippen LogP contribution < -0.4 is 5.32 Å². The van der Waals surface area contributed by atoms with Crippen LogP contribution in [0.4, 0.5) is 4.39 Å². The molecule has 5 nitrogen and oxygen atoms in total. The summed E-state index contributed by atoms with van der Waals surface area (Å²) in [6.07, 6.45) is 1.88.